The van der Waals surface area contributed by atoms with E-state index >= 15 is 0 Å². The predicted octanol–water partition coefficient (Wildman–Crippen LogP) is 1.84. The average molecular weight is 385 g/mol. The first-order chi connectivity index (χ1) is 12.7. The lowest BCUT2D eigenvalue weighted by Crippen LogP contribution is -2.36. The van der Waals surface area contributed by atoms with Crippen molar-refractivity contribution in [3.05, 3.63) is 24.0 Å². The fourth-order valence-electron chi connectivity index (χ4n) is 2.51. The first-order valence-electron chi connectivity index (χ1n) is 7.59. The van der Waals surface area contributed by atoms with Gasteiger partial charge in [0.25, 0.3) is 5.82 Å². The highest BCUT2D eigenvalue weighted by Crippen LogP contribution is 2.33. The van der Waals surface area contributed by atoms with Crippen LogP contribution in [0.4, 0.5) is 24.8 Å². The minimum Gasteiger partial charge on any atom is -0.497 e. The molecule has 1 unspecified atom stereocenters. The Morgan fingerprint density at radius 1 is 1.33 bits per heavy atom. The summed E-state index contributed by atoms with van der Waals surface area (Å²) in [7, 11) is 2.84. The number of rotatable bonds is 4. The molecule has 1 aromatic heterocycles. The second-order valence-electron chi connectivity index (χ2n) is 5.52. The molecule has 1 atom stereocenters. The lowest BCUT2D eigenvalue weighted by molar-refractivity contribution is -0.145. The third kappa shape index (κ3) is 3.64. The number of hydrogen-bond acceptors (Lipinski definition) is 6. The summed E-state index contributed by atoms with van der Waals surface area (Å²) in [4.78, 5) is 27.6. The number of ether oxygens (including phenoxy) is 2. The van der Waals surface area contributed by atoms with Crippen LogP contribution in [0.25, 0.3) is 0 Å². The number of amides is 2. The van der Waals surface area contributed by atoms with Crippen molar-refractivity contribution in [3.8, 4) is 11.5 Å². The minimum atomic E-state index is -4.81. The molecule has 12 heteroatoms. The lowest BCUT2D eigenvalue weighted by atomic mass is 10.1. The molecule has 0 saturated heterocycles. The number of halogens is 3. The zero-order chi connectivity index (χ0) is 19.8. The van der Waals surface area contributed by atoms with Crippen LogP contribution in [0.5, 0.6) is 11.5 Å². The van der Waals surface area contributed by atoms with Gasteiger partial charge in [-0.05, 0) is 12.1 Å². The van der Waals surface area contributed by atoms with Gasteiger partial charge in [-0.1, -0.05) is 0 Å². The Labute approximate surface area is 150 Å². The molecule has 0 aliphatic carbocycles. The van der Waals surface area contributed by atoms with E-state index in [0.29, 0.717) is 5.75 Å². The standard InChI is InChI=1S/C15H14F3N5O4/c1-26-7-3-4-8(10(5-7)27-2)19-12(25)9-6-11(24)20-14-21-13(15(16,17)18)22-23(9)14/h3-5,9H,6H2,1-2H3,(H,19,25)(H,20,21,22,24). The normalized spacial score (nSPS) is 16.3. The molecule has 2 aromatic rings. The predicted molar refractivity (Wildman–Crippen MR) is 85.5 cm³/mol. The Balaban J connectivity index is 1.90. The maximum absolute atomic E-state index is 12.8. The second kappa shape index (κ2) is 6.78. The van der Waals surface area contributed by atoms with Crippen molar-refractivity contribution >= 4 is 23.5 Å². The van der Waals surface area contributed by atoms with E-state index in [1.165, 1.54) is 26.4 Å². The molecular formula is C15H14F3N5O4. The van der Waals surface area contributed by atoms with E-state index in [-0.39, 0.29) is 11.4 Å². The van der Waals surface area contributed by atoms with Gasteiger partial charge in [-0.25, -0.2) is 4.68 Å². The van der Waals surface area contributed by atoms with Crippen molar-refractivity contribution in [2.75, 3.05) is 24.9 Å². The van der Waals surface area contributed by atoms with E-state index in [1.54, 1.807) is 6.07 Å². The molecule has 2 heterocycles. The first-order valence-corrected chi connectivity index (χ1v) is 7.59. The molecule has 144 valence electrons. The largest absolute Gasteiger partial charge is 0.497 e. The molecule has 9 nitrogen and oxygen atoms in total. The maximum atomic E-state index is 12.8. The van der Waals surface area contributed by atoms with Gasteiger partial charge in [-0.3, -0.25) is 14.9 Å². The van der Waals surface area contributed by atoms with E-state index < -0.39 is 42.2 Å². The van der Waals surface area contributed by atoms with Gasteiger partial charge in [-0.2, -0.15) is 18.2 Å². The number of benzene rings is 1. The highest BCUT2D eigenvalue weighted by molar-refractivity contribution is 6.01. The van der Waals surface area contributed by atoms with Crippen LogP contribution in [-0.4, -0.2) is 40.8 Å². The fourth-order valence-corrected chi connectivity index (χ4v) is 2.51. The number of nitrogens with zero attached hydrogens (tertiary/aromatic N) is 3. The third-order valence-electron chi connectivity index (χ3n) is 3.78. The Morgan fingerprint density at radius 3 is 2.70 bits per heavy atom. The van der Waals surface area contributed by atoms with Crippen LogP contribution in [0, 0.1) is 0 Å². The summed E-state index contributed by atoms with van der Waals surface area (Å²) in [5.41, 5.74) is 0.256. The van der Waals surface area contributed by atoms with Crippen molar-refractivity contribution < 1.29 is 32.2 Å². The quantitative estimate of drug-likeness (QED) is 0.832. The molecule has 1 aliphatic rings. The molecule has 0 spiro atoms. The maximum Gasteiger partial charge on any atom is 0.453 e. The molecule has 0 bridgehead atoms. The van der Waals surface area contributed by atoms with Gasteiger partial charge >= 0.3 is 6.18 Å². The molecule has 3 rings (SSSR count). The molecule has 2 amide bonds. The highest BCUT2D eigenvalue weighted by Gasteiger charge is 2.41. The van der Waals surface area contributed by atoms with Gasteiger partial charge in [0.2, 0.25) is 17.8 Å². The Morgan fingerprint density at radius 2 is 2.07 bits per heavy atom. The highest BCUT2D eigenvalue weighted by atomic mass is 19.4. The summed E-state index contributed by atoms with van der Waals surface area (Å²) in [6, 6.07) is 3.28. The zero-order valence-corrected chi connectivity index (χ0v) is 14.1. The summed E-state index contributed by atoms with van der Waals surface area (Å²) in [6.07, 6.45) is -5.20. The van der Waals surface area contributed by atoms with Crippen LogP contribution in [0.3, 0.4) is 0 Å². The molecule has 0 radical (unpaired) electrons. The second-order valence-corrected chi connectivity index (χ2v) is 5.52. The van der Waals surface area contributed by atoms with Crippen molar-refractivity contribution in [1.82, 2.24) is 14.8 Å². The van der Waals surface area contributed by atoms with E-state index in [1.807, 2.05) is 0 Å². The van der Waals surface area contributed by atoms with Crippen LogP contribution in [0.15, 0.2) is 18.2 Å². The zero-order valence-electron chi connectivity index (χ0n) is 14.1. The van der Waals surface area contributed by atoms with E-state index in [4.69, 9.17) is 9.47 Å². The van der Waals surface area contributed by atoms with Crippen molar-refractivity contribution in [2.24, 2.45) is 0 Å². The van der Waals surface area contributed by atoms with Crippen molar-refractivity contribution in [2.45, 2.75) is 18.6 Å². The third-order valence-corrected chi connectivity index (χ3v) is 3.78. The number of alkyl halides is 3. The molecule has 0 saturated carbocycles. The van der Waals surface area contributed by atoms with Gasteiger partial charge in [0.15, 0.2) is 0 Å². The smallest absolute Gasteiger partial charge is 0.453 e. The van der Waals surface area contributed by atoms with Crippen LogP contribution < -0.4 is 20.1 Å². The summed E-state index contributed by atoms with van der Waals surface area (Å²) in [6.45, 7) is 0. The minimum absolute atomic E-state index is 0.256. The van der Waals surface area contributed by atoms with Gasteiger partial charge < -0.3 is 14.8 Å². The number of carbonyl (C=O) groups excluding carboxylic acids is 2. The molecule has 27 heavy (non-hydrogen) atoms. The number of hydrogen-bond donors (Lipinski definition) is 2. The Bertz CT molecular complexity index is 896. The van der Waals surface area contributed by atoms with Gasteiger partial charge in [0.1, 0.15) is 17.5 Å². The van der Waals surface area contributed by atoms with E-state index in [9.17, 15) is 22.8 Å². The van der Waals surface area contributed by atoms with Crippen molar-refractivity contribution in [1.29, 1.82) is 0 Å². The summed E-state index contributed by atoms with van der Waals surface area (Å²) in [5, 5.41) is 8.01. The number of carbonyl (C=O) groups is 2. The number of anilines is 2. The van der Waals surface area contributed by atoms with Crippen LogP contribution in [0.2, 0.25) is 0 Å². The monoisotopic (exact) mass is 385 g/mol. The molecule has 1 aromatic carbocycles. The molecule has 0 fully saturated rings. The summed E-state index contributed by atoms with van der Waals surface area (Å²) < 4.78 is 49.5. The molecular weight excluding hydrogens is 371 g/mol. The van der Waals surface area contributed by atoms with Gasteiger partial charge in [-0.15, -0.1) is 5.10 Å². The molecule has 2 N–H and O–H groups in total. The van der Waals surface area contributed by atoms with Crippen LogP contribution in [0.1, 0.15) is 18.3 Å². The summed E-state index contributed by atoms with van der Waals surface area (Å²) in [5.74, 6) is -2.52. The van der Waals surface area contributed by atoms with Gasteiger partial charge in [0, 0.05) is 6.07 Å². The SMILES string of the molecule is COc1ccc(NC(=O)C2CC(=O)Nc3nc(C(F)(F)F)nn32)c(OC)c1. The fraction of sp³-hybridized carbons (Fsp3) is 0.333. The molecule has 1 aliphatic heterocycles. The van der Waals surface area contributed by atoms with Crippen molar-refractivity contribution in [3.63, 3.8) is 0 Å². The number of fused-ring (bicyclic) bond motifs is 1. The number of nitrogens with one attached hydrogen (secondary N) is 2. The average Bonchev–Trinajstić information content (AvgIpc) is 3.05. The Kier molecular flexibility index (Phi) is 4.64. The van der Waals surface area contributed by atoms with E-state index in [2.05, 4.69) is 20.7 Å². The van der Waals surface area contributed by atoms with Crippen LogP contribution in [-0.2, 0) is 15.8 Å². The number of methoxy groups -OCH3 is 2. The topological polar surface area (TPSA) is 107 Å². The Hall–Kier alpha value is -3.31. The first kappa shape index (κ1) is 18.5. The van der Waals surface area contributed by atoms with Gasteiger partial charge in [0.05, 0.1) is 26.3 Å². The summed E-state index contributed by atoms with van der Waals surface area (Å²) >= 11 is 0. The lowest BCUT2D eigenvalue weighted by Gasteiger charge is -2.23. The van der Waals surface area contributed by atoms with E-state index in [0.717, 1.165) is 4.68 Å². The van der Waals surface area contributed by atoms with Crippen LogP contribution >= 0.6 is 0 Å². The number of aromatic nitrogens is 3.